The average Bonchev–Trinajstić information content (AvgIpc) is 3.19. The SMILES string of the molecule is Cc1nc(NCCCn2ccnc2)c2oc3ccccc3c2n1.[Cl-].[H+]. The van der Waals surface area contributed by atoms with Crippen LogP contribution in [-0.4, -0.2) is 26.1 Å². The monoisotopic (exact) mass is 343 g/mol. The summed E-state index contributed by atoms with van der Waals surface area (Å²) in [5, 5.41) is 4.40. The van der Waals surface area contributed by atoms with Crippen molar-refractivity contribution in [2.45, 2.75) is 19.9 Å². The lowest BCUT2D eigenvalue weighted by Crippen LogP contribution is -3.00. The number of nitrogens with zero attached hydrogens (tertiary/aromatic N) is 4. The molecular weight excluding hydrogens is 326 g/mol. The van der Waals surface area contributed by atoms with E-state index in [1.165, 1.54) is 0 Å². The molecule has 3 heterocycles. The van der Waals surface area contributed by atoms with E-state index in [0.717, 1.165) is 53.2 Å². The summed E-state index contributed by atoms with van der Waals surface area (Å²) in [6.07, 6.45) is 6.55. The molecule has 0 bridgehead atoms. The molecule has 124 valence electrons. The van der Waals surface area contributed by atoms with Crippen molar-refractivity contribution in [1.29, 1.82) is 0 Å². The molecule has 0 atom stereocenters. The molecule has 4 aromatic rings. The first-order valence-corrected chi connectivity index (χ1v) is 7.67. The quantitative estimate of drug-likeness (QED) is 0.534. The first-order chi connectivity index (χ1) is 11.3. The Kier molecular flexibility index (Phi) is 4.66. The van der Waals surface area contributed by atoms with Gasteiger partial charge in [-0.1, -0.05) is 12.1 Å². The maximum atomic E-state index is 5.94. The molecule has 0 aliphatic rings. The van der Waals surface area contributed by atoms with Gasteiger partial charge in [0, 0.05) is 30.9 Å². The van der Waals surface area contributed by atoms with E-state index < -0.39 is 0 Å². The molecule has 0 amide bonds. The maximum absolute atomic E-state index is 5.94. The number of anilines is 1. The van der Waals surface area contributed by atoms with E-state index in [4.69, 9.17) is 4.42 Å². The fourth-order valence-corrected chi connectivity index (χ4v) is 2.71. The molecule has 24 heavy (non-hydrogen) atoms. The lowest BCUT2D eigenvalue weighted by Gasteiger charge is -2.07. The summed E-state index contributed by atoms with van der Waals surface area (Å²) < 4.78 is 8.00. The van der Waals surface area contributed by atoms with Crippen LogP contribution in [0, 0.1) is 6.92 Å². The molecule has 0 unspecified atom stereocenters. The van der Waals surface area contributed by atoms with Crippen molar-refractivity contribution in [3.05, 3.63) is 48.8 Å². The van der Waals surface area contributed by atoms with Crippen molar-refractivity contribution >= 4 is 27.9 Å². The molecule has 0 aliphatic carbocycles. The molecule has 7 heteroatoms. The molecule has 6 nitrogen and oxygen atoms in total. The van der Waals surface area contributed by atoms with Crippen LogP contribution in [0.15, 0.2) is 47.4 Å². The standard InChI is InChI=1S/C17H17N5O.ClH/c1-12-20-15-13-5-2-3-6-14(13)23-16(15)17(21-12)19-7-4-9-22-10-8-18-11-22;/h2-3,5-6,8,10-11H,4,7,9H2,1H3,(H,19,20,21);1H. The van der Waals surface area contributed by atoms with Crippen molar-refractivity contribution < 1.29 is 18.3 Å². The maximum Gasteiger partial charge on any atom is 1.00 e. The predicted octanol–water partition coefficient (Wildman–Crippen LogP) is 0.500. The zero-order chi connectivity index (χ0) is 15.6. The topological polar surface area (TPSA) is 68.8 Å². The molecule has 0 aliphatic heterocycles. The smallest absolute Gasteiger partial charge is 1.00 e. The highest BCUT2D eigenvalue weighted by Crippen LogP contribution is 2.30. The lowest BCUT2D eigenvalue weighted by atomic mass is 10.2. The highest BCUT2D eigenvalue weighted by atomic mass is 35.5. The highest BCUT2D eigenvalue weighted by Gasteiger charge is 2.13. The number of hydrogen-bond donors (Lipinski definition) is 1. The van der Waals surface area contributed by atoms with Gasteiger partial charge in [-0.05, 0) is 25.5 Å². The zero-order valence-electron chi connectivity index (χ0n) is 14.2. The van der Waals surface area contributed by atoms with Crippen LogP contribution < -0.4 is 17.7 Å². The largest absolute Gasteiger partial charge is 1.00 e. The number of benzene rings is 1. The van der Waals surface area contributed by atoms with Gasteiger partial charge in [0.15, 0.2) is 11.4 Å². The van der Waals surface area contributed by atoms with Crippen LogP contribution in [0.2, 0.25) is 0 Å². The Morgan fingerprint density at radius 2 is 2.12 bits per heavy atom. The number of imidazole rings is 1. The summed E-state index contributed by atoms with van der Waals surface area (Å²) in [4.78, 5) is 13.1. The first kappa shape index (κ1) is 16.3. The number of nitrogens with one attached hydrogen (secondary N) is 1. The van der Waals surface area contributed by atoms with Gasteiger partial charge in [0.25, 0.3) is 0 Å². The second-order valence-corrected chi connectivity index (χ2v) is 5.48. The average molecular weight is 344 g/mol. The van der Waals surface area contributed by atoms with Crippen LogP contribution >= 0.6 is 0 Å². The summed E-state index contributed by atoms with van der Waals surface area (Å²) in [6.45, 7) is 3.62. The van der Waals surface area contributed by atoms with Crippen LogP contribution in [0.5, 0.6) is 0 Å². The Hall–Kier alpha value is -2.60. The summed E-state index contributed by atoms with van der Waals surface area (Å²) in [5.74, 6) is 1.50. The van der Waals surface area contributed by atoms with Gasteiger partial charge in [0.05, 0.1) is 6.33 Å². The van der Waals surface area contributed by atoms with Gasteiger partial charge in [-0.15, -0.1) is 0 Å². The number of rotatable bonds is 5. The van der Waals surface area contributed by atoms with E-state index in [1.54, 1.807) is 6.20 Å². The molecule has 4 rings (SSSR count). The summed E-state index contributed by atoms with van der Waals surface area (Å²) in [5.41, 5.74) is 2.42. The van der Waals surface area contributed by atoms with Crippen molar-refractivity contribution in [2.75, 3.05) is 11.9 Å². The van der Waals surface area contributed by atoms with Crippen molar-refractivity contribution in [3.63, 3.8) is 0 Å². The van der Waals surface area contributed by atoms with Gasteiger partial charge >= 0.3 is 1.43 Å². The van der Waals surface area contributed by atoms with E-state index in [0.29, 0.717) is 0 Å². The van der Waals surface area contributed by atoms with E-state index >= 15 is 0 Å². The predicted molar refractivity (Wildman–Crippen MR) is 90.5 cm³/mol. The number of para-hydroxylation sites is 1. The van der Waals surface area contributed by atoms with E-state index in [2.05, 4.69) is 24.8 Å². The minimum absolute atomic E-state index is 0. The Morgan fingerprint density at radius 3 is 2.96 bits per heavy atom. The molecule has 0 spiro atoms. The van der Waals surface area contributed by atoms with E-state index in [1.807, 2.05) is 43.7 Å². The number of hydrogen-bond acceptors (Lipinski definition) is 5. The van der Waals surface area contributed by atoms with Gasteiger partial charge in [-0.25, -0.2) is 15.0 Å². The van der Waals surface area contributed by atoms with Gasteiger partial charge in [0.2, 0.25) is 0 Å². The number of halogens is 1. The van der Waals surface area contributed by atoms with Crippen molar-refractivity contribution in [2.24, 2.45) is 0 Å². The van der Waals surface area contributed by atoms with Crippen LogP contribution in [0.25, 0.3) is 22.1 Å². The molecule has 1 N–H and O–H groups in total. The Bertz CT molecular complexity index is 954. The first-order valence-electron chi connectivity index (χ1n) is 7.67. The Labute approximate surface area is 146 Å². The molecule has 0 saturated heterocycles. The van der Waals surface area contributed by atoms with Gasteiger partial charge in [0.1, 0.15) is 16.9 Å². The van der Waals surface area contributed by atoms with Gasteiger partial charge in [-0.3, -0.25) is 0 Å². The van der Waals surface area contributed by atoms with Crippen LogP contribution in [0.1, 0.15) is 13.7 Å². The minimum Gasteiger partial charge on any atom is -1.00 e. The van der Waals surface area contributed by atoms with Crippen molar-refractivity contribution in [1.82, 2.24) is 19.5 Å². The van der Waals surface area contributed by atoms with Crippen LogP contribution in [-0.2, 0) is 6.54 Å². The summed E-state index contributed by atoms with van der Waals surface area (Å²) >= 11 is 0. The second-order valence-electron chi connectivity index (χ2n) is 5.48. The molecule has 0 radical (unpaired) electrons. The normalized spacial score (nSPS) is 10.9. The number of aryl methyl sites for hydroxylation is 2. The zero-order valence-corrected chi connectivity index (χ0v) is 14.0. The van der Waals surface area contributed by atoms with Crippen molar-refractivity contribution in [3.8, 4) is 0 Å². The molecule has 0 fully saturated rings. The van der Waals surface area contributed by atoms with E-state index in [-0.39, 0.29) is 13.8 Å². The lowest BCUT2D eigenvalue weighted by molar-refractivity contribution is -0.00000535. The van der Waals surface area contributed by atoms with Gasteiger partial charge < -0.3 is 26.7 Å². The molecule has 3 aromatic heterocycles. The molecule has 1 aromatic carbocycles. The Morgan fingerprint density at radius 1 is 1.25 bits per heavy atom. The number of fused-ring (bicyclic) bond motifs is 3. The molecule has 0 saturated carbocycles. The molecular formula is C17H18ClN5O. The Balaban J connectivity index is 0.00000113. The van der Waals surface area contributed by atoms with Crippen LogP contribution in [0.3, 0.4) is 0 Å². The minimum atomic E-state index is 0. The van der Waals surface area contributed by atoms with E-state index in [9.17, 15) is 0 Å². The fourth-order valence-electron chi connectivity index (χ4n) is 2.71. The second kappa shape index (κ2) is 6.88. The third-order valence-corrected chi connectivity index (χ3v) is 3.78. The third kappa shape index (κ3) is 3.05. The third-order valence-electron chi connectivity index (χ3n) is 3.78. The van der Waals surface area contributed by atoms with Crippen LogP contribution in [0.4, 0.5) is 5.82 Å². The number of furan rings is 1. The number of aromatic nitrogens is 4. The summed E-state index contributed by atoms with van der Waals surface area (Å²) in [6, 6.07) is 7.93. The summed E-state index contributed by atoms with van der Waals surface area (Å²) in [7, 11) is 0. The highest BCUT2D eigenvalue weighted by molar-refractivity contribution is 6.05. The van der Waals surface area contributed by atoms with Gasteiger partial charge in [-0.2, -0.15) is 0 Å². The fraction of sp³-hybridized carbons (Fsp3) is 0.235.